The summed E-state index contributed by atoms with van der Waals surface area (Å²) in [6.07, 6.45) is 3.42. The van der Waals surface area contributed by atoms with Crippen LogP contribution in [0.1, 0.15) is 5.56 Å². The van der Waals surface area contributed by atoms with Crippen molar-refractivity contribution in [2.24, 2.45) is 0 Å². The standard InChI is InChI=1S/C14H10IN3O2/c1-8-4-5-16-7-10(8)13-17-14(20-18-13)9-2-3-11(15)12(19)6-9/h2-7,19H,1H3. The Labute approximate surface area is 128 Å². The summed E-state index contributed by atoms with van der Waals surface area (Å²) in [5, 5.41) is 13.7. The van der Waals surface area contributed by atoms with E-state index in [0.29, 0.717) is 17.3 Å². The third-order valence-electron chi connectivity index (χ3n) is 2.90. The van der Waals surface area contributed by atoms with Crippen LogP contribution < -0.4 is 0 Å². The number of phenolic OH excluding ortho intramolecular Hbond substituents is 1. The highest BCUT2D eigenvalue weighted by Gasteiger charge is 2.13. The Morgan fingerprint density at radius 2 is 2.10 bits per heavy atom. The smallest absolute Gasteiger partial charge is 0.258 e. The average Bonchev–Trinajstić information content (AvgIpc) is 2.92. The molecule has 1 N–H and O–H groups in total. The van der Waals surface area contributed by atoms with E-state index >= 15 is 0 Å². The predicted molar refractivity (Wildman–Crippen MR) is 82.1 cm³/mol. The van der Waals surface area contributed by atoms with Gasteiger partial charge in [-0.25, -0.2) is 0 Å². The van der Waals surface area contributed by atoms with E-state index in [9.17, 15) is 5.11 Å². The summed E-state index contributed by atoms with van der Waals surface area (Å²) in [7, 11) is 0. The summed E-state index contributed by atoms with van der Waals surface area (Å²) >= 11 is 2.05. The maximum Gasteiger partial charge on any atom is 0.258 e. The molecule has 2 heterocycles. The second kappa shape index (κ2) is 5.20. The Morgan fingerprint density at radius 3 is 2.85 bits per heavy atom. The highest BCUT2D eigenvalue weighted by molar-refractivity contribution is 14.1. The highest BCUT2D eigenvalue weighted by Crippen LogP contribution is 2.28. The number of phenols is 1. The Balaban J connectivity index is 2.02. The van der Waals surface area contributed by atoms with E-state index in [1.165, 1.54) is 0 Å². The van der Waals surface area contributed by atoms with Crippen LogP contribution in [0.25, 0.3) is 22.8 Å². The van der Waals surface area contributed by atoms with E-state index in [1.54, 1.807) is 24.5 Å². The molecule has 5 nitrogen and oxygen atoms in total. The van der Waals surface area contributed by atoms with Crippen molar-refractivity contribution < 1.29 is 9.63 Å². The molecule has 0 spiro atoms. The van der Waals surface area contributed by atoms with Gasteiger partial charge >= 0.3 is 0 Å². The fraction of sp³-hybridized carbons (Fsp3) is 0.0714. The lowest BCUT2D eigenvalue weighted by Gasteiger charge is -1.98. The van der Waals surface area contributed by atoms with Crippen LogP contribution in [0.15, 0.2) is 41.2 Å². The average molecular weight is 379 g/mol. The second-order valence-corrected chi connectivity index (χ2v) is 5.44. The molecule has 0 unspecified atom stereocenters. The number of aromatic nitrogens is 3. The molecule has 0 amide bonds. The minimum atomic E-state index is 0.195. The van der Waals surface area contributed by atoms with Gasteiger partial charge in [-0.3, -0.25) is 4.98 Å². The van der Waals surface area contributed by atoms with Crippen LogP contribution >= 0.6 is 22.6 Å². The SMILES string of the molecule is Cc1ccncc1-c1noc(-c2ccc(I)c(O)c2)n1. The third kappa shape index (κ3) is 2.38. The maximum atomic E-state index is 9.72. The van der Waals surface area contributed by atoms with Crippen molar-refractivity contribution in [2.75, 3.05) is 0 Å². The van der Waals surface area contributed by atoms with Crippen LogP contribution in [0.5, 0.6) is 5.75 Å². The quantitative estimate of drug-likeness (QED) is 0.691. The van der Waals surface area contributed by atoms with Gasteiger partial charge < -0.3 is 9.63 Å². The van der Waals surface area contributed by atoms with Gasteiger partial charge in [-0.2, -0.15) is 4.98 Å². The molecule has 0 atom stereocenters. The van der Waals surface area contributed by atoms with E-state index in [0.717, 1.165) is 14.7 Å². The molecule has 0 bridgehead atoms. The number of hydrogen-bond acceptors (Lipinski definition) is 5. The van der Waals surface area contributed by atoms with Gasteiger partial charge in [0.25, 0.3) is 5.89 Å². The Hall–Kier alpha value is -1.96. The summed E-state index contributed by atoms with van der Waals surface area (Å²) in [6, 6.07) is 7.12. The normalized spacial score (nSPS) is 10.7. The lowest BCUT2D eigenvalue weighted by atomic mass is 10.1. The minimum absolute atomic E-state index is 0.195. The van der Waals surface area contributed by atoms with Crippen molar-refractivity contribution >= 4 is 22.6 Å². The Kier molecular flexibility index (Phi) is 3.39. The van der Waals surface area contributed by atoms with Crippen molar-refractivity contribution in [1.82, 2.24) is 15.1 Å². The first-order valence-electron chi connectivity index (χ1n) is 5.89. The van der Waals surface area contributed by atoms with Crippen LogP contribution in [0.3, 0.4) is 0 Å². The number of pyridine rings is 1. The zero-order valence-electron chi connectivity index (χ0n) is 10.5. The maximum absolute atomic E-state index is 9.72. The lowest BCUT2D eigenvalue weighted by Crippen LogP contribution is -1.87. The molecule has 0 saturated heterocycles. The Morgan fingerprint density at radius 1 is 1.25 bits per heavy atom. The van der Waals surface area contributed by atoms with Crippen molar-refractivity contribution in [3.63, 3.8) is 0 Å². The summed E-state index contributed by atoms with van der Waals surface area (Å²) in [5.74, 6) is 1.05. The molecule has 2 aromatic heterocycles. The van der Waals surface area contributed by atoms with Gasteiger partial charge in [0.05, 0.1) is 3.57 Å². The molecule has 3 rings (SSSR count). The molecular weight excluding hydrogens is 369 g/mol. The third-order valence-corrected chi connectivity index (χ3v) is 3.81. The number of halogens is 1. The minimum Gasteiger partial charge on any atom is -0.507 e. The summed E-state index contributed by atoms with van der Waals surface area (Å²) in [5.41, 5.74) is 2.54. The van der Waals surface area contributed by atoms with Crippen molar-refractivity contribution in [3.05, 3.63) is 45.8 Å². The largest absolute Gasteiger partial charge is 0.507 e. The van der Waals surface area contributed by atoms with Crippen LogP contribution in [0, 0.1) is 10.5 Å². The van der Waals surface area contributed by atoms with Gasteiger partial charge in [0.1, 0.15) is 5.75 Å². The molecular formula is C14H10IN3O2. The van der Waals surface area contributed by atoms with Gasteiger partial charge in [-0.15, -0.1) is 0 Å². The molecule has 6 heteroatoms. The summed E-state index contributed by atoms with van der Waals surface area (Å²) in [6.45, 7) is 1.96. The molecule has 0 saturated carbocycles. The highest BCUT2D eigenvalue weighted by atomic mass is 127. The number of aryl methyl sites for hydroxylation is 1. The topological polar surface area (TPSA) is 72.0 Å². The molecule has 0 aliphatic carbocycles. The van der Waals surface area contributed by atoms with E-state index in [2.05, 4.69) is 37.7 Å². The molecule has 0 aliphatic rings. The molecule has 0 radical (unpaired) electrons. The summed E-state index contributed by atoms with van der Waals surface area (Å²) in [4.78, 5) is 8.42. The molecule has 1 aromatic carbocycles. The number of hydrogen-bond donors (Lipinski definition) is 1. The molecule has 3 aromatic rings. The molecule has 0 aliphatic heterocycles. The van der Waals surface area contributed by atoms with Gasteiger partial charge in [0.15, 0.2) is 0 Å². The van der Waals surface area contributed by atoms with Crippen molar-refractivity contribution in [3.8, 4) is 28.6 Å². The van der Waals surface area contributed by atoms with Gasteiger partial charge in [0.2, 0.25) is 5.82 Å². The number of benzene rings is 1. The first kappa shape index (κ1) is 13.0. The first-order chi connectivity index (χ1) is 9.65. The summed E-state index contributed by atoms with van der Waals surface area (Å²) < 4.78 is 6.02. The lowest BCUT2D eigenvalue weighted by molar-refractivity contribution is 0.431. The number of nitrogens with zero attached hydrogens (tertiary/aromatic N) is 3. The fourth-order valence-electron chi connectivity index (χ4n) is 1.79. The zero-order valence-corrected chi connectivity index (χ0v) is 12.7. The van der Waals surface area contributed by atoms with E-state index in [4.69, 9.17) is 4.52 Å². The van der Waals surface area contributed by atoms with Crippen molar-refractivity contribution in [2.45, 2.75) is 6.92 Å². The van der Waals surface area contributed by atoms with E-state index in [1.807, 2.05) is 19.1 Å². The van der Waals surface area contributed by atoms with Crippen LogP contribution in [-0.4, -0.2) is 20.2 Å². The van der Waals surface area contributed by atoms with Crippen LogP contribution in [0.4, 0.5) is 0 Å². The van der Waals surface area contributed by atoms with Gasteiger partial charge in [-0.1, -0.05) is 5.16 Å². The molecule has 20 heavy (non-hydrogen) atoms. The van der Waals surface area contributed by atoms with E-state index < -0.39 is 0 Å². The second-order valence-electron chi connectivity index (χ2n) is 4.28. The van der Waals surface area contributed by atoms with Gasteiger partial charge in [-0.05, 0) is 59.3 Å². The van der Waals surface area contributed by atoms with Gasteiger partial charge in [0, 0.05) is 23.5 Å². The first-order valence-corrected chi connectivity index (χ1v) is 6.96. The zero-order chi connectivity index (χ0) is 14.1. The van der Waals surface area contributed by atoms with Crippen molar-refractivity contribution in [1.29, 1.82) is 0 Å². The monoisotopic (exact) mass is 379 g/mol. The molecule has 100 valence electrons. The number of aromatic hydroxyl groups is 1. The number of rotatable bonds is 2. The van der Waals surface area contributed by atoms with E-state index in [-0.39, 0.29) is 5.75 Å². The predicted octanol–water partition coefficient (Wildman–Crippen LogP) is 3.42. The Bertz CT molecular complexity index is 771. The molecule has 0 fully saturated rings. The van der Waals surface area contributed by atoms with Crippen LogP contribution in [-0.2, 0) is 0 Å². The fourth-order valence-corrected chi connectivity index (χ4v) is 2.13. The van der Waals surface area contributed by atoms with Crippen LogP contribution in [0.2, 0.25) is 0 Å².